The van der Waals surface area contributed by atoms with Gasteiger partial charge in [0.15, 0.2) is 0 Å². The van der Waals surface area contributed by atoms with E-state index in [1.165, 1.54) is 4.90 Å². The Morgan fingerprint density at radius 2 is 1.97 bits per heavy atom. The molecule has 0 aliphatic carbocycles. The molecule has 1 unspecified atom stereocenters. The maximum absolute atomic E-state index is 13.7. The third-order valence-corrected chi connectivity index (χ3v) is 7.28. The van der Waals surface area contributed by atoms with Crippen molar-refractivity contribution in [1.82, 2.24) is 20.1 Å². The van der Waals surface area contributed by atoms with E-state index in [1.807, 2.05) is 43.3 Å². The number of carbonyl (C=O) groups excluding carboxylic acids is 2. The van der Waals surface area contributed by atoms with Crippen LogP contribution < -0.4 is 10.1 Å². The molecule has 3 aromatic rings. The third kappa shape index (κ3) is 3.96. The smallest absolute Gasteiger partial charge is 0.328 e. The summed E-state index contributed by atoms with van der Waals surface area (Å²) in [4.78, 5) is 34.3. The van der Waals surface area contributed by atoms with Crippen molar-refractivity contribution in [3.05, 3.63) is 65.4 Å². The van der Waals surface area contributed by atoms with Crippen molar-refractivity contribution in [1.29, 1.82) is 0 Å². The molecule has 2 aliphatic rings. The van der Waals surface area contributed by atoms with Gasteiger partial charge in [-0.2, -0.15) is 0 Å². The quantitative estimate of drug-likeness (QED) is 0.326. The lowest BCUT2D eigenvalue weighted by atomic mass is 9.81. The molecule has 184 valence electrons. The lowest BCUT2D eigenvalue weighted by molar-refractivity contribution is -0.133. The number of benzene rings is 2. The zero-order valence-electron chi connectivity index (χ0n) is 20.2. The van der Waals surface area contributed by atoms with Crippen molar-refractivity contribution in [3.8, 4) is 5.75 Å². The summed E-state index contributed by atoms with van der Waals surface area (Å²) in [5.41, 5.74) is 3.19. The second kappa shape index (κ2) is 9.36. The first-order valence-corrected chi connectivity index (χ1v) is 12.2. The molecule has 3 N–H and O–H groups in total. The largest absolute Gasteiger partial charge is 0.497 e. The van der Waals surface area contributed by atoms with Crippen molar-refractivity contribution in [2.45, 2.75) is 37.8 Å². The van der Waals surface area contributed by atoms with Crippen LogP contribution in [0.15, 0.2) is 48.5 Å². The molecule has 35 heavy (non-hydrogen) atoms. The standard InChI is InChI=1S/C27H32N4O4/c1-27-17-21-20-16-19(35-2)9-10-22(20)29-24(21)23(15-18-7-4-3-5-8-18)31(27)26(34)30(25(27)33)13-6-11-28-12-14-32/h3-5,7-10,16,23,28-29,32H,6,11-15,17H2,1-2H3/t23?,27-/m0/s1. The number of nitrogens with one attached hydrogen (secondary N) is 2. The normalized spacial score (nSPS) is 21.5. The molecular weight excluding hydrogens is 444 g/mol. The minimum Gasteiger partial charge on any atom is -0.497 e. The van der Waals surface area contributed by atoms with Crippen molar-refractivity contribution in [2.24, 2.45) is 0 Å². The zero-order chi connectivity index (χ0) is 24.6. The van der Waals surface area contributed by atoms with Gasteiger partial charge in [0.25, 0.3) is 5.91 Å². The third-order valence-electron chi connectivity index (χ3n) is 7.28. The number of aromatic amines is 1. The first-order chi connectivity index (χ1) is 17.0. The zero-order valence-corrected chi connectivity index (χ0v) is 20.2. The number of carbonyl (C=O) groups is 2. The van der Waals surface area contributed by atoms with Crippen LogP contribution in [-0.4, -0.2) is 70.7 Å². The highest BCUT2D eigenvalue weighted by atomic mass is 16.5. The monoisotopic (exact) mass is 476 g/mol. The van der Waals surface area contributed by atoms with Gasteiger partial charge in [0.1, 0.15) is 11.3 Å². The fourth-order valence-corrected chi connectivity index (χ4v) is 5.58. The first kappa shape index (κ1) is 23.4. The van der Waals surface area contributed by atoms with Crippen LogP contribution in [0.2, 0.25) is 0 Å². The summed E-state index contributed by atoms with van der Waals surface area (Å²) in [5.74, 6) is 0.614. The predicted octanol–water partition coefficient (Wildman–Crippen LogP) is 3.01. The van der Waals surface area contributed by atoms with Crippen LogP contribution in [0.4, 0.5) is 4.79 Å². The molecule has 8 heteroatoms. The summed E-state index contributed by atoms with van der Waals surface area (Å²) in [5, 5.41) is 13.1. The number of nitrogens with zero attached hydrogens (tertiary/aromatic N) is 2. The highest BCUT2D eigenvalue weighted by molar-refractivity contribution is 6.08. The lowest BCUT2D eigenvalue weighted by Gasteiger charge is -2.42. The number of H-pyrrole nitrogens is 1. The average Bonchev–Trinajstić information content (AvgIpc) is 3.31. The van der Waals surface area contributed by atoms with E-state index >= 15 is 0 Å². The van der Waals surface area contributed by atoms with Crippen LogP contribution in [0.1, 0.15) is 36.2 Å². The highest BCUT2D eigenvalue weighted by Crippen LogP contribution is 2.47. The summed E-state index contributed by atoms with van der Waals surface area (Å²) in [6.07, 6.45) is 1.69. The number of aliphatic hydroxyl groups excluding tert-OH is 1. The molecule has 0 saturated carbocycles. The van der Waals surface area contributed by atoms with Gasteiger partial charge in [-0.05, 0) is 55.6 Å². The van der Waals surface area contributed by atoms with E-state index in [0.717, 1.165) is 33.5 Å². The fourth-order valence-electron chi connectivity index (χ4n) is 5.58. The molecule has 2 aromatic carbocycles. The predicted molar refractivity (Wildman–Crippen MR) is 133 cm³/mol. The number of methoxy groups -OCH3 is 1. The number of aromatic nitrogens is 1. The summed E-state index contributed by atoms with van der Waals surface area (Å²) in [6, 6.07) is 15.5. The van der Waals surface area contributed by atoms with E-state index in [0.29, 0.717) is 38.9 Å². The maximum Gasteiger partial charge on any atom is 0.328 e. The maximum atomic E-state index is 13.7. The minimum atomic E-state index is -0.958. The number of hydrogen-bond acceptors (Lipinski definition) is 5. The van der Waals surface area contributed by atoms with Crippen molar-refractivity contribution < 1.29 is 19.4 Å². The summed E-state index contributed by atoms with van der Waals surface area (Å²) in [7, 11) is 1.65. The van der Waals surface area contributed by atoms with Crippen LogP contribution in [0.5, 0.6) is 5.75 Å². The Morgan fingerprint density at radius 1 is 1.17 bits per heavy atom. The molecule has 3 heterocycles. The Labute approximate surface area is 204 Å². The van der Waals surface area contributed by atoms with Gasteiger partial charge in [-0.3, -0.25) is 9.69 Å². The second-order valence-corrected chi connectivity index (χ2v) is 9.52. The molecule has 2 atom stereocenters. The molecular formula is C27H32N4O4. The summed E-state index contributed by atoms with van der Waals surface area (Å²) >= 11 is 0. The number of aliphatic hydroxyl groups is 1. The number of rotatable bonds is 9. The van der Waals surface area contributed by atoms with Gasteiger partial charge >= 0.3 is 6.03 Å². The number of urea groups is 1. The Hall–Kier alpha value is -3.36. The second-order valence-electron chi connectivity index (χ2n) is 9.52. The Kier molecular flexibility index (Phi) is 6.25. The van der Waals surface area contributed by atoms with Gasteiger partial charge in [-0.25, -0.2) is 4.79 Å². The molecule has 8 nitrogen and oxygen atoms in total. The van der Waals surface area contributed by atoms with Crippen LogP contribution >= 0.6 is 0 Å². The van der Waals surface area contributed by atoms with Crippen LogP contribution in [0, 0.1) is 0 Å². The molecule has 0 spiro atoms. The molecule has 2 aliphatic heterocycles. The molecule has 5 rings (SSSR count). The Morgan fingerprint density at radius 3 is 2.71 bits per heavy atom. The van der Waals surface area contributed by atoms with Gasteiger partial charge in [0.2, 0.25) is 0 Å². The number of amides is 3. The molecule has 3 amide bonds. The van der Waals surface area contributed by atoms with Crippen molar-refractivity contribution >= 4 is 22.8 Å². The fraction of sp³-hybridized carbons (Fsp3) is 0.407. The number of hydrogen-bond donors (Lipinski definition) is 3. The highest BCUT2D eigenvalue weighted by Gasteiger charge is 2.59. The Balaban J connectivity index is 1.54. The van der Waals surface area contributed by atoms with Crippen LogP contribution in [-0.2, 0) is 17.6 Å². The van der Waals surface area contributed by atoms with Gasteiger partial charge in [0.05, 0.1) is 19.8 Å². The molecule has 1 aromatic heterocycles. The molecule has 1 saturated heterocycles. The first-order valence-electron chi connectivity index (χ1n) is 12.2. The topological polar surface area (TPSA) is 97.9 Å². The van der Waals surface area contributed by atoms with Gasteiger partial charge in [-0.15, -0.1) is 0 Å². The molecule has 0 radical (unpaired) electrons. The van der Waals surface area contributed by atoms with Crippen LogP contribution in [0.25, 0.3) is 10.9 Å². The minimum absolute atomic E-state index is 0.0606. The van der Waals surface area contributed by atoms with Gasteiger partial charge < -0.3 is 25.0 Å². The van der Waals surface area contributed by atoms with Crippen LogP contribution in [0.3, 0.4) is 0 Å². The average molecular weight is 477 g/mol. The number of fused-ring (bicyclic) bond motifs is 4. The SMILES string of the molecule is COc1ccc2[nH]c3c(c2c1)C[C@@]1(C)C(=O)N(CCCNCCO)C(=O)N1C3Cc1ccccc1. The molecule has 1 fully saturated rings. The summed E-state index contributed by atoms with van der Waals surface area (Å²) < 4.78 is 5.47. The van der Waals surface area contributed by atoms with E-state index in [9.17, 15) is 9.59 Å². The van der Waals surface area contributed by atoms with Gasteiger partial charge in [-0.1, -0.05) is 30.3 Å². The van der Waals surface area contributed by atoms with E-state index in [-0.39, 0.29) is 24.6 Å². The van der Waals surface area contributed by atoms with Crippen molar-refractivity contribution in [3.63, 3.8) is 0 Å². The van der Waals surface area contributed by atoms with Gasteiger partial charge in [0, 0.05) is 36.1 Å². The lowest BCUT2D eigenvalue weighted by Crippen LogP contribution is -2.53. The van der Waals surface area contributed by atoms with E-state index in [1.54, 1.807) is 12.0 Å². The summed E-state index contributed by atoms with van der Waals surface area (Å²) in [6.45, 7) is 3.44. The van der Waals surface area contributed by atoms with E-state index in [2.05, 4.69) is 22.4 Å². The van der Waals surface area contributed by atoms with E-state index < -0.39 is 5.54 Å². The molecule has 0 bridgehead atoms. The Bertz CT molecular complexity index is 1240. The van der Waals surface area contributed by atoms with Crippen molar-refractivity contribution in [2.75, 3.05) is 33.4 Å². The van der Waals surface area contributed by atoms with E-state index in [4.69, 9.17) is 9.84 Å². The number of ether oxygens (including phenoxy) is 1. The number of imide groups is 1.